The third kappa shape index (κ3) is 6.77. The van der Waals surface area contributed by atoms with Crippen LogP contribution in [0.3, 0.4) is 0 Å². The lowest BCUT2D eigenvalue weighted by Crippen LogP contribution is -2.33. The molecule has 0 aromatic rings. The molecule has 0 saturated carbocycles. The Morgan fingerprint density at radius 3 is 2.17 bits per heavy atom. The largest absolute Gasteiger partial charge is 0.480 e. The number of hydrogen-bond donors (Lipinski definition) is 4. The summed E-state index contributed by atoms with van der Waals surface area (Å²) in [6, 6.07) is -1.30. The molecule has 0 aliphatic heterocycles. The van der Waals surface area contributed by atoms with Crippen LogP contribution in [0, 0.1) is 4.78 Å². The van der Waals surface area contributed by atoms with Crippen LogP contribution in [0.25, 0.3) is 0 Å². The number of halogens is 3. The van der Waals surface area contributed by atoms with Crippen molar-refractivity contribution in [1.82, 2.24) is 0 Å². The number of aliphatic carboxylic acids is 1. The third-order valence-electron chi connectivity index (χ3n) is 2.17. The first-order chi connectivity index (χ1) is 7.96. The van der Waals surface area contributed by atoms with Crippen molar-refractivity contribution in [2.45, 2.75) is 31.2 Å². The number of nitrogens with two attached hydrogens (primary N) is 1. The zero-order valence-electron chi connectivity index (χ0n) is 9.31. The molecular weight excluding hydrogens is 277 g/mol. The zero-order valence-corrected chi connectivity index (χ0v) is 10.1. The van der Waals surface area contributed by atoms with Gasteiger partial charge in [0.1, 0.15) is 6.04 Å². The molecule has 5 N–H and O–H groups in total. The highest BCUT2D eigenvalue weighted by Crippen LogP contribution is 2.22. The topological polar surface area (TPSA) is 124 Å². The van der Waals surface area contributed by atoms with E-state index in [2.05, 4.69) is 0 Å². The number of carboxylic acid groups (broad SMARTS) is 1. The average Bonchev–Trinajstić information content (AvgIpc) is 2.21. The van der Waals surface area contributed by atoms with Crippen LogP contribution in [0.15, 0.2) is 0 Å². The number of aliphatic hydroxyl groups excluding tert-OH is 1. The maximum absolute atomic E-state index is 11.9. The lowest BCUT2D eigenvalue weighted by Gasteiger charge is -2.15. The van der Waals surface area contributed by atoms with Gasteiger partial charge < -0.3 is 15.9 Å². The van der Waals surface area contributed by atoms with Crippen molar-refractivity contribution in [2.24, 2.45) is 5.73 Å². The van der Waals surface area contributed by atoms with Gasteiger partial charge in [0.05, 0.1) is 0 Å². The predicted octanol–water partition coefficient (Wildman–Crippen LogP) is 0.148. The number of aliphatic hydroxyl groups is 1. The van der Waals surface area contributed by atoms with Crippen molar-refractivity contribution >= 4 is 15.7 Å². The molecule has 0 heterocycles. The maximum Gasteiger partial charge on any atom is 0.414 e. The molecular formula is C8H15F3N2O4S. The van der Waals surface area contributed by atoms with Crippen LogP contribution in [0.2, 0.25) is 0 Å². The van der Waals surface area contributed by atoms with Gasteiger partial charge in [0.2, 0.25) is 0 Å². The lowest BCUT2D eigenvalue weighted by molar-refractivity contribution is -0.203. The minimum atomic E-state index is -4.81. The summed E-state index contributed by atoms with van der Waals surface area (Å²) in [6.07, 6.45) is -8.56. The molecule has 0 spiro atoms. The number of carbonyl (C=O) groups is 1. The SMILES string of the molecule is N=S(=O)(CC[C@@H](O)C(F)(F)F)CC[C@H](N)C(=O)O. The van der Waals surface area contributed by atoms with Crippen molar-refractivity contribution in [3.8, 4) is 0 Å². The molecule has 0 fully saturated rings. The minimum Gasteiger partial charge on any atom is -0.480 e. The van der Waals surface area contributed by atoms with Crippen molar-refractivity contribution < 1.29 is 32.4 Å². The summed E-state index contributed by atoms with van der Waals surface area (Å²) < 4.78 is 54.6. The Balaban J connectivity index is 4.22. The highest BCUT2D eigenvalue weighted by atomic mass is 32.2. The van der Waals surface area contributed by atoms with Crippen molar-refractivity contribution in [3.05, 3.63) is 0 Å². The Hall–Kier alpha value is -0.870. The predicted molar refractivity (Wildman–Crippen MR) is 57.5 cm³/mol. The number of nitrogens with one attached hydrogen (secondary N) is 1. The summed E-state index contributed by atoms with van der Waals surface area (Å²) in [6.45, 7) is 0. The van der Waals surface area contributed by atoms with Gasteiger partial charge in [0.25, 0.3) is 0 Å². The van der Waals surface area contributed by atoms with Gasteiger partial charge in [-0.15, -0.1) is 0 Å². The molecule has 0 aromatic carbocycles. The fourth-order valence-electron chi connectivity index (χ4n) is 1.01. The van der Waals surface area contributed by atoms with Gasteiger partial charge in [-0.1, -0.05) is 0 Å². The van der Waals surface area contributed by atoms with Crippen LogP contribution >= 0.6 is 0 Å². The van der Waals surface area contributed by atoms with Crippen LogP contribution in [0.1, 0.15) is 12.8 Å². The molecule has 0 amide bonds. The average molecular weight is 292 g/mol. The van der Waals surface area contributed by atoms with Crippen LogP contribution in [0.4, 0.5) is 13.2 Å². The van der Waals surface area contributed by atoms with E-state index in [1.807, 2.05) is 0 Å². The van der Waals surface area contributed by atoms with E-state index in [-0.39, 0.29) is 6.42 Å². The van der Waals surface area contributed by atoms with E-state index in [9.17, 15) is 22.2 Å². The van der Waals surface area contributed by atoms with Crippen molar-refractivity contribution in [3.63, 3.8) is 0 Å². The van der Waals surface area contributed by atoms with Gasteiger partial charge in [-0.05, 0) is 12.8 Å². The van der Waals surface area contributed by atoms with Crippen LogP contribution in [-0.4, -0.2) is 50.2 Å². The van der Waals surface area contributed by atoms with Crippen molar-refractivity contribution in [2.75, 3.05) is 11.5 Å². The third-order valence-corrected chi connectivity index (χ3v) is 3.96. The molecule has 0 radical (unpaired) electrons. The molecule has 0 saturated heterocycles. The molecule has 10 heteroatoms. The molecule has 0 aromatic heterocycles. The summed E-state index contributed by atoms with van der Waals surface area (Å²) in [4.78, 5) is 10.3. The second-order valence-electron chi connectivity index (χ2n) is 3.80. The molecule has 6 nitrogen and oxygen atoms in total. The Labute approximate surface area is 102 Å². The molecule has 0 bridgehead atoms. The number of rotatable bonds is 7. The van der Waals surface area contributed by atoms with E-state index < -0.39 is 51.9 Å². The van der Waals surface area contributed by atoms with Gasteiger partial charge in [0.15, 0.2) is 6.10 Å². The normalized spacial score (nSPS) is 18.9. The lowest BCUT2D eigenvalue weighted by atomic mass is 10.2. The fraction of sp³-hybridized carbons (Fsp3) is 0.875. The first-order valence-corrected chi connectivity index (χ1v) is 6.82. The first kappa shape index (κ1) is 17.1. The van der Waals surface area contributed by atoms with E-state index in [1.54, 1.807) is 0 Å². The van der Waals surface area contributed by atoms with Crippen molar-refractivity contribution in [1.29, 1.82) is 4.78 Å². The highest BCUT2D eigenvalue weighted by molar-refractivity contribution is 7.92. The summed E-state index contributed by atoms with van der Waals surface area (Å²) in [5.74, 6) is -2.40. The van der Waals surface area contributed by atoms with Gasteiger partial charge in [0, 0.05) is 21.2 Å². The summed E-state index contributed by atoms with van der Waals surface area (Å²) in [5.41, 5.74) is 5.11. The van der Waals surface area contributed by atoms with E-state index in [0.717, 1.165) is 0 Å². The quantitative estimate of drug-likeness (QED) is 0.531. The standard InChI is InChI=1S/C8H15F3N2O4S/c9-8(10,11)6(14)2-4-18(13,17)3-1-5(12)7(15)16/h5-6,13-14H,1-4,12H2,(H,15,16)/t5-,6+,18?/m0/s1. The Bertz CT molecular complexity index is 382. The molecule has 108 valence electrons. The molecule has 3 atom stereocenters. The van der Waals surface area contributed by atoms with E-state index in [4.69, 9.17) is 20.7 Å². The van der Waals surface area contributed by atoms with E-state index >= 15 is 0 Å². The van der Waals surface area contributed by atoms with Gasteiger partial charge in [-0.2, -0.15) is 13.2 Å². The number of carboxylic acids is 1. The summed E-state index contributed by atoms with van der Waals surface area (Å²) in [7, 11) is -3.37. The van der Waals surface area contributed by atoms with Gasteiger partial charge in [-0.3, -0.25) is 9.57 Å². The molecule has 0 rings (SSSR count). The molecule has 0 aliphatic rings. The molecule has 0 aliphatic carbocycles. The monoisotopic (exact) mass is 292 g/mol. The minimum absolute atomic E-state index is 0.264. The Morgan fingerprint density at radius 1 is 1.33 bits per heavy atom. The zero-order chi connectivity index (χ0) is 14.6. The smallest absolute Gasteiger partial charge is 0.414 e. The Kier molecular flexibility index (Phi) is 6.04. The van der Waals surface area contributed by atoms with Crippen LogP contribution in [-0.2, 0) is 14.5 Å². The second kappa shape index (κ2) is 6.34. The van der Waals surface area contributed by atoms with E-state index in [0.29, 0.717) is 0 Å². The van der Waals surface area contributed by atoms with Crippen LogP contribution in [0.5, 0.6) is 0 Å². The van der Waals surface area contributed by atoms with E-state index in [1.165, 1.54) is 0 Å². The number of alkyl halides is 3. The van der Waals surface area contributed by atoms with Gasteiger partial charge in [-0.25, -0.2) is 4.21 Å². The fourth-order valence-corrected chi connectivity index (χ4v) is 2.45. The number of hydrogen-bond acceptors (Lipinski definition) is 5. The summed E-state index contributed by atoms with van der Waals surface area (Å²) >= 11 is 0. The van der Waals surface area contributed by atoms with Crippen LogP contribution < -0.4 is 5.73 Å². The first-order valence-electron chi connectivity index (χ1n) is 4.93. The van der Waals surface area contributed by atoms with Gasteiger partial charge >= 0.3 is 12.1 Å². The molecule has 18 heavy (non-hydrogen) atoms. The Morgan fingerprint density at radius 2 is 1.78 bits per heavy atom. The summed E-state index contributed by atoms with van der Waals surface area (Å²) in [5, 5.41) is 17.1. The second-order valence-corrected chi connectivity index (χ2v) is 6.24. The molecule has 1 unspecified atom stereocenters. The highest BCUT2D eigenvalue weighted by Gasteiger charge is 2.38. The maximum atomic E-state index is 11.9.